The van der Waals surface area contributed by atoms with E-state index in [1.165, 1.54) is 40.3 Å². The molecule has 0 unspecified atom stereocenters. The zero-order chi connectivity index (χ0) is 23.2. The molecule has 2 heterocycles. The Bertz CT molecular complexity index is 1250. The Balaban J connectivity index is 1.47. The number of hydrogen-bond donors (Lipinski definition) is 1. The van der Waals surface area contributed by atoms with Gasteiger partial charge in [0, 0.05) is 0 Å². The zero-order valence-corrected chi connectivity index (χ0v) is 17.7. The predicted octanol–water partition coefficient (Wildman–Crippen LogP) is 4.39. The number of anilines is 1. The fourth-order valence-electron chi connectivity index (χ4n) is 2.86. The Morgan fingerprint density at radius 1 is 1.03 bits per heavy atom. The van der Waals surface area contributed by atoms with E-state index in [4.69, 9.17) is 4.74 Å². The lowest BCUT2D eigenvalue weighted by Crippen LogP contribution is -2.22. The van der Waals surface area contributed by atoms with E-state index in [1.807, 2.05) is 47.8 Å². The topological polar surface area (TPSA) is 95.3 Å². The summed E-state index contributed by atoms with van der Waals surface area (Å²) >= 11 is 1.43. The van der Waals surface area contributed by atoms with Crippen LogP contribution in [0.15, 0.2) is 72.1 Å². The van der Waals surface area contributed by atoms with E-state index in [9.17, 15) is 18.4 Å². The molecule has 33 heavy (non-hydrogen) atoms. The maximum atomic E-state index is 12.5. The van der Waals surface area contributed by atoms with E-state index in [-0.39, 0.29) is 17.3 Å². The van der Waals surface area contributed by atoms with Crippen LogP contribution < -0.4 is 10.1 Å². The number of carbonyl (C=O) groups is 2. The van der Waals surface area contributed by atoms with Gasteiger partial charge in [-0.1, -0.05) is 36.4 Å². The number of nitrogens with one attached hydrogen (secondary N) is 1. The first-order valence-corrected chi connectivity index (χ1v) is 10.5. The molecular weight excluding hydrogens is 454 g/mol. The van der Waals surface area contributed by atoms with Crippen molar-refractivity contribution in [3.05, 3.63) is 77.9 Å². The van der Waals surface area contributed by atoms with E-state index in [0.717, 1.165) is 4.88 Å². The summed E-state index contributed by atoms with van der Waals surface area (Å²) in [5.41, 5.74) is 0.714. The average Bonchev–Trinajstić information content (AvgIpc) is 3.49. The van der Waals surface area contributed by atoms with Crippen LogP contribution in [0.4, 0.5) is 14.5 Å². The molecule has 2 aromatic carbocycles. The molecule has 4 rings (SSSR count). The van der Waals surface area contributed by atoms with E-state index in [1.54, 1.807) is 0 Å². The number of para-hydroxylation sites is 3. The fraction of sp³-hybridized carbons (Fsp3) is 0.0909. The van der Waals surface area contributed by atoms with Crippen molar-refractivity contribution < 1.29 is 27.8 Å². The third kappa shape index (κ3) is 5.39. The van der Waals surface area contributed by atoms with Crippen molar-refractivity contribution in [3.63, 3.8) is 0 Å². The first-order valence-electron chi connectivity index (χ1n) is 9.58. The number of amides is 1. The van der Waals surface area contributed by atoms with Gasteiger partial charge in [-0.2, -0.15) is 13.8 Å². The van der Waals surface area contributed by atoms with Gasteiger partial charge in [-0.25, -0.2) is 9.48 Å². The largest absolute Gasteiger partial charge is 0.450 e. The first kappa shape index (κ1) is 22.1. The molecule has 0 aliphatic carbocycles. The third-order valence-electron chi connectivity index (χ3n) is 4.24. The standard InChI is InChI=1S/C22H16F2N4O4S/c23-22(24)32-16-10-5-4-9-15(16)25-18(29)13-31-21(30)19-26-20(17-11-6-12-33-17)28(27-19)14-7-2-1-3-8-14/h1-12,22H,13H2,(H,25,29). The molecule has 0 saturated carbocycles. The molecule has 2 aromatic heterocycles. The number of ether oxygens (including phenoxy) is 2. The molecule has 0 radical (unpaired) electrons. The SMILES string of the molecule is O=C(COC(=O)c1nc(-c2cccs2)n(-c2ccccc2)n1)Nc1ccccc1OC(F)F. The Morgan fingerprint density at radius 2 is 1.79 bits per heavy atom. The van der Waals surface area contributed by atoms with Crippen LogP contribution in [0.3, 0.4) is 0 Å². The Hall–Kier alpha value is -4.12. The summed E-state index contributed by atoms with van der Waals surface area (Å²) in [7, 11) is 0. The molecular formula is C22H16F2N4O4S. The maximum Gasteiger partial charge on any atom is 0.387 e. The number of thiophene rings is 1. The van der Waals surface area contributed by atoms with Crippen molar-refractivity contribution in [1.29, 1.82) is 0 Å². The number of esters is 1. The summed E-state index contributed by atoms with van der Waals surface area (Å²) in [6, 6.07) is 18.5. The summed E-state index contributed by atoms with van der Waals surface area (Å²) in [5, 5.41) is 8.49. The van der Waals surface area contributed by atoms with Gasteiger partial charge in [-0.3, -0.25) is 4.79 Å². The molecule has 0 atom stereocenters. The van der Waals surface area contributed by atoms with Gasteiger partial charge in [0.1, 0.15) is 5.75 Å². The van der Waals surface area contributed by atoms with Gasteiger partial charge in [0.2, 0.25) is 0 Å². The fourth-order valence-corrected chi connectivity index (χ4v) is 3.56. The van der Waals surface area contributed by atoms with Crippen molar-refractivity contribution in [3.8, 4) is 22.1 Å². The molecule has 1 N–H and O–H groups in total. The summed E-state index contributed by atoms with van der Waals surface area (Å²) in [6.07, 6.45) is 0. The van der Waals surface area contributed by atoms with Crippen LogP contribution in [-0.2, 0) is 9.53 Å². The highest BCUT2D eigenvalue weighted by atomic mass is 32.1. The number of halogens is 2. The Kier molecular flexibility index (Phi) is 6.69. The molecule has 0 fully saturated rings. The number of rotatable bonds is 8. The van der Waals surface area contributed by atoms with Crippen molar-refractivity contribution in [1.82, 2.24) is 14.8 Å². The number of benzene rings is 2. The van der Waals surface area contributed by atoms with Gasteiger partial charge in [-0.05, 0) is 35.7 Å². The molecule has 0 spiro atoms. The van der Waals surface area contributed by atoms with Crippen LogP contribution in [0.5, 0.6) is 5.75 Å². The van der Waals surface area contributed by atoms with Crippen molar-refractivity contribution >= 4 is 28.9 Å². The predicted molar refractivity (Wildman–Crippen MR) is 117 cm³/mol. The lowest BCUT2D eigenvalue weighted by atomic mass is 10.3. The summed E-state index contributed by atoms with van der Waals surface area (Å²) in [4.78, 5) is 29.8. The average molecular weight is 470 g/mol. The van der Waals surface area contributed by atoms with Crippen LogP contribution in [-0.4, -0.2) is 39.9 Å². The molecule has 4 aromatic rings. The van der Waals surface area contributed by atoms with Crippen molar-refractivity contribution in [2.45, 2.75) is 6.61 Å². The summed E-state index contributed by atoms with van der Waals surface area (Å²) < 4.78 is 35.9. The highest BCUT2D eigenvalue weighted by Crippen LogP contribution is 2.26. The number of aromatic nitrogens is 3. The Morgan fingerprint density at radius 3 is 2.52 bits per heavy atom. The number of nitrogens with zero attached hydrogens (tertiary/aromatic N) is 3. The molecule has 1 amide bonds. The number of hydrogen-bond acceptors (Lipinski definition) is 7. The normalized spacial score (nSPS) is 10.8. The van der Waals surface area contributed by atoms with Gasteiger partial charge in [0.05, 0.1) is 16.3 Å². The quantitative estimate of drug-likeness (QED) is 0.384. The number of alkyl halides is 2. The van der Waals surface area contributed by atoms with E-state index in [2.05, 4.69) is 20.1 Å². The van der Waals surface area contributed by atoms with E-state index < -0.39 is 25.1 Å². The van der Waals surface area contributed by atoms with Crippen LogP contribution in [0.25, 0.3) is 16.4 Å². The molecule has 11 heteroatoms. The lowest BCUT2D eigenvalue weighted by Gasteiger charge is -2.11. The van der Waals surface area contributed by atoms with Gasteiger partial charge in [0.15, 0.2) is 12.4 Å². The molecule has 168 valence electrons. The minimum atomic E-state index is -3.05. The van der Waals surface area contributed by atoms with Gasteiger partial charge in [-0.15, -0.1) is 16.4 Å². The van der Waals surface area contributed by atoms with Crippen LogP contribution in [0, 0.1) is 0 Å². The lowest BCUT2D eigenvalue weighted by molar-refractivity contribution is -0.119. The second-order valence-corrected chi connectivity index (χ2v) is 7.43. The van der Waals surface area contributed by atoms with Crippen molar-refractivity contribution in [2.24, 2.45) is 0 Å². The monoisotopic (exact) mass is 470 g/mol. The minimum Gasteiger partial charge on any atom is -0.450 e. The van der Waals surface area contributed by atoms with E-state index in [0.29, 0.717) is 11.5 Å². The van der Waals surface area contributed by atoms with Crippen LogP contribution in [0.1, 0.15) is 10.6 Å². The highest BCUT2D eigenvalue weighted by molar-refractivity contribution is 7.13. The second kappa shape index (κ2) is 10.0. The van der Waals surface area contributed by atoms with Crippen LogP contribution in [0.2, 0.25) is 0 Å². The number of carbonyl (C=O) groups excluding carboxylic acids is 2. The second-order valence-electron chi connectivity index (χ2n) is 6.48. The van der Waals surface area contributed by atoms with E-state index >= 15 is 0 Å². The Labute approximate surface area is 190 Å². The maximum absolute atomic E-state index is 12.5. The van der Waals surface area contributed by atoms with Gasteiger partial charge < -0.3 is 14.8 Å². The summed E-state index contributed by atoms with van der Waals surface area (Å²) in [6.45, 7) is -3.72. The van der Waals surface area contributed by atoms with Crippen LogP contribution >= 0.6 is 11.3 Å². The van der Waals surface area contributed by atoms with Gasteiger partial charge in [0.25, 0.3) is 11.7 Å². The molecule has 0 saturated heterocycles. The molecule has 8 nitrogen and oxygen atoms in total. The highest BCUT2D eigenvalue weighted by Gasteiger charge is 2.21. The molecule has 0 aliphatic heterocycles. The zero-order valence-electron chi connectivity index (χ0n) is 16.9. The smallest absolute Gasteiger partial charge is 0.387 e. The first-order chi connectivity index (χ1) is 16.0. The molecule has 0 aliphatic rings. The minimum absolute atomic E-state index is 0.0188. The third-order valence-corrected chi connectivity index (χ3v) is 5.11. The van der Waals surface area contributed by atoms with Crippen molar-refractivity contribution in [2.75, 3.05) is 11.9 Å². The summed E-state index contributed by atoms with van der Waals surface area (Å²) in [5.74, 6) is -1.64. The molecule has 0 bridgehead atoms. The van der Waals surface area contributed by atoms with Gasteiger partial charge >= 0.3 is 12.6 Å².